The molecule has 0 radical (unpaired) electrons. The molecule has 1 aliphatic rings. The van der Waals surface area contributed by atoms with Crippen molar-refractivity contribution in [3.8, 4) is 0 Å². The largest absolute Gasteiger partial charge is 0.441 e. The van der Waals surface area contributed by atoms with Crippen LogP contribution in [0.3, 0.4) is 0 Å². The van der Waals surface area contributed by atoms with Gasteiger partial charge in [0.25, 0.3) is 0 Å². The van der Waals surface area contributed by atoms with Crippen LogP contribution in [0.5, 0.6) is 0 Å². The van der Waals surface area contributed by atoms with E-state index in [9.17, 15) is 4.79 Å². The molecule has 1 fully saturated rings. The molecule has 5 nitrogen and oxygen atoms in total. The average molecular weight is 300 g/mol. The highest BCUT2D eigenvalue weighted by atomic mass is 79.9. The summed E-state index contributed by atoms with van der Waals surface area (Å²) in [6.45, 7) is 0.610. The number of halogens is 1. The van der Waals surface area contributed by atoms with Crippen molar-refractivity contribution in [2.45, 2.75) is 18.4 Å². The number of anilines is 1. The Morgan fingerprint density at radius 3 is 2.94 bits per heavy atom. The predicted octanol–water partition coefficient (Wildman–Crippen LogP) is 2.14. The molecule has 0 aliphatic heterocycles. The molecule has 1 aromatic heterocycles. The van der Waals surface area contributed by atoms with Crippen LogP contribution in [-0.4, -0.2) is 30.3 Å². The number of ether oxygens (including phenoxy) is 1. The van der Waals surface area contributed by atoms with E-state index in [2.05, 4.69) is 31.5 Å². The molecule has 0 saturated heterocycles. The summed E-state index contributed by atoms with van der Waals surface area (Å²) >= 11 is 3.35. The highest BCUT2D eigenvalue weighted by Gasteiger charge is 2.46. The van der Waals surface area contributed by atoms with Crippen LogP contribution in [0.1, 0.15) is 12.8 Å². The lowest BCUT2D eigenvalue weighted by atomic mass is 10.3. The molecule has 1 aromatic rings. The van der Waals surface area contributed by atoms with Crippen molar-refractivity contribution >= 4 is 27.7 Å². The number of carbonyl (C=O) groups is 1. The van der Waals surface area contributed by atoms with E-state index in [1.165, 1.54) is 0 Å². The second kappa shape index (κ2) is 4.91. The molecule has 1 heterocycles. The Morgan fingerprint density at radius 2 is 2.35 bits per heavy atom. The second-order valence-electron chi connectivity index (χ2n) is 4.07. The van der Waals surface area contributed by atoms with Gasteiger partial charge in [-0.15, -0.1) is 0 Å². The molecule has 2 N–H and O–H groups in total. The first kappa shape index (κ1) is 12.2. The summed E-state index contributed by atoms with van der Waals surface area (Å²) in [5.41, 5.74) is 0.564. The van der Waals surface area contributed by atoms with Gasteiger partial charge in [0.05, 0.1) is 18.4 Å². The van der Waals surface area contributed by atoms with Gasteiger partial charge < -0.3 is 15.4 Å². The Kier molecular flexibility index (Phi) is 3.51. The summed E-state index contributed by atoms with van der Waals surface area (Å²) in [7, 11) is 1.56. The smallest absolute Gasteiger partial charge is 0.407 e. The van der Waals surface area contributed by atoms with Crippen LogP contribution in [0.4, 0.5) is 10.5 Å². The third-order valence-corrected chi connectivity index (χ3v) is 3.07. The third kappa shape index (κ3) is 3.33. The molecule has 0 aromatic carbocycles. The van der Waals surface area contributed by atoms with Crippen molar-refractivity contribution in [3.63, 3.8) is 0 Å². The van der Waals surface area contributed by atoms with Gasteiger partial charge in [0, 0.05) is 17.7 Å². The fraction of sp³-hybridized carbons (Fsp3) is 0.455. The first-order chi connectivity index (χ1) is 8.13. The Hall–Kier alpha value is -1.30. The number of hydrogen-bond acceptors (Lipinski definition) is 4. The number of hydrogen-bond donors (Lipinski definition) is 2. The molecule has 17 heavy (non-hydrogen) atoms. The predicted molar refractivity (Wildman–Crippen MR) is 67.9 cm³/mol. The van der Waals surface area contributed by atoms with Crippen LogP contribution in [-0.2, 0) is 4.74 Å². The summed E-state index contributed by atoms with van der Waals surface area (Å²) < 4.78 is 6.22. The standard InChI is InChI=1S/C11H14BrN3O2/c1-13-10(16)17-11(2-3-11)7-15-9-4-8(12)5-14-6-9/h4-6,15H,2-3,7H2,1H3,(H,13,16). The quantitative estimate of drug-likeness (QED) is 0.894. The zero-order valence-electron chi connectivity index (χ0n) is 9.50. The normalized spacial score (nSPS) is 16.1. The minimum atomic E-state index is -0.378. The van der Waals surface area contributed by atoms with Crippen molar-refractivity contribution in [1.82, 2.24) is 10.3 Å². The maximum absolute atomic E-state index is 11.2. The van der Waals surface area contributed by atoms with Gasteiger partial charge in [-0.2, -0.15) is 0 Å². The average Bonchev–Trinajstić information content (AvgIpc) is 3.07. The minimum Gasteiger partial charge on any atom is -0.441 e. The highest BCUT2D eigenvalue weighted by Crippen LogP contribution is 2.39. The Balaban J connectivity index is 1.88. The van der Waals surface area contributed by atoms with Crippen LogP contribution < -0.4 is 10.6 Å². The SMILES string of the molecule is CNC(=O)OC1(CNc2cncc(Br)c2)CC1. The molecule has 1 aliphatic carbocycles. The number of rotatable bonds is 4. The van der Waals surface area contributed by atoms with E-state index in [4.69, 9.17) is 4.74 Å². The summed E-state index contributed by atoms with van der Waals surface area (Å²) in [6, 6.07) is 1.93. The fourth-order valence-corrected chi connectivity index (χ4v) is 1.84. The molecular weight excluding hydrogens is 286 g/mol. The van der Waals surface area contributed by atoms with E-state index in [-0.39, 0.29) is 11.7 Å². The lowest BCUT2D eigenvalue weighted by Gasteiger charge is -2.17. The van der Waals surface area contributed by atoms with Gasteiger partial charge in [-0.05, 0) is 34.8 Å². The summed E-state index contributed by atoms with van der Waals surface area (Å²) in [6.07, 6.45) is 4.88. The minimum absolute atomic E-state index is 0.345. The van der Waals surface area contributed by atoms with E-state index >= 15 is 0 Å². The second-order valence-corrected chi connectivity index (χ2v) is 4.98. The van der Waals surface area contributed by atoms with E-state index in [1.54, 1.807) is 19.4 Å². The van der Waals surface area contributed by atoms with Crippen molar-refractivity contribution < 1.29 is 9.53 Å². The summed E-state index contributed by atoms with van der Waals surface area (Å²) in [5.74, 6) is 0. The van der Waals surface area contributed by atoms with Crippen LogP contribution in [0, 0.1) is 0 Å². The van der Waals surface area contributed by atoms with E-state index < -0.39 is 0 Å². The zero-order valence-corrected chi connectivity index (χ0v) is 11.1. The molecule has 0 atom stereocenters. The monoisotopic (exact) mass is 299 g/mol. The van der Waals surface area contributed by atoms with Gasteiger partial charge in [-0.1, -0.05) is 0 Å². The molecule has 0 bridgehead atoms. The van der Waals surface area contributed by atoms with E-state index in [0.29, 0.717) is 6.54 Å². The lowest BCUT2D eigenvalue weighted by Crippen LogP contribution is -2.32. The number of aromatic nitrogens is 1. The number of amides is 1. The van der Waals surface area contributed by atoms with Crippen molar-refractivity contribution in [3.05, 3.63) is 22.9 Å². The number of nitrogens with one attached hydrogen (secondary N) is 2. The van der Waals surface area contributed by atoms with Gasteiger partial charge in [0.1, 0.15) is 5.60 Å². The maximum atomic E-state index is 11.2. The van der Waals surface area contributed by atoms with Gasteiger partial charge in [-0.25, -0.2) is 4.79 Å². The Morgan fingerprint density at radius 1 is 1.59 bits per heavy atom. The fourth-order valence-electron chi connectivity index (χ4n) is 1.47. The van der Waals surface area contributed by atoms with Gasteiger partial charge >= 0.3 is 6.09 Å². The molecular formula is C11H14BrN3O2. The maximum Gasteiger partial charge on any atom is 0.407 e. The molecule has 1 saturated carbocycles. The van der Waals surface area contributed by atoms with Gasteiger partial charge in [0.2, 0.25) is 0 Å². The van der Waals surface area contributed by atoms with Crippen molar-refractivity contribution in [2.24, 2.45) is 0 Å². The molecule has 92 valence electrons. The number of carbonyl (C=O) groups excluding carboxylic acids is 1. The first-order valence-electron chi connectivity index (χ1n) is 5.39. The van der Waals surface area contributed by atoms with Crippen LogP contribution >= 0.6 is 15.9 Å². The highest BCUT2D eigenvalue weighted by molar-refractivity contribution is 9.10. The number of alkyl carbamates (subject to hydrolysis) is 1. The summed E-state index contributed by atoms with van der Waals surface area (Å²) in [5, 5.41) is 5.68. The Labute approximate surface area is 108 Å². The first-order valence-corrected chi connectivity index (χ1v) is 6.18. The molecule has 6 heteroatoms. The van der Waals surface area contributed by atoms with Crippen molar-refractivity contribution in [2.75, 3.05) is 18.9 Å². The lowest BCUT2D eigenvalue weighted by molar-refractivity contribution is 0.0916. The van der Waals surface area contributed by atoms with E-state index in [1.807, 2.05) is 6.07 Å². The number of nitrogens with zero attached hydrogens (tertiary/aromatic N) is 1. The van der Waals surface area contributed by atoms with Gasteiger partial charge in [-0.3, -0.25) is 4.98 Å². The molecule has 1 amide bonds. The molecule has 0 unspecified atom stereocenters. The topological polar surface area (TPSA) is 63.2 Å². The molecule has 2 rings (SSSR count). The number of pyridine rings is 1. The van der Waals surface area contributed by atoms with E-state index in [0.717, 1.165) is 23.0 Å². The van der Waals surface area contributed by atoms with Crippen molar-refractivity contribution in [1.29, 1.82) is 0 Å². The zero-order chi connectivity index (χ0) is 12.3. The Bertz CT molecular complexity index is 421. The van der Waals surface area contributed by atoms with Crippen LogP contribution in [0.2, 0.25) is 0 Å². The molecule has 0 spiro atoms. The van der Waals surface area contributed by atoms with Crippen LogP contribution in [0.25, 0.3) is 0 Å². The van der Waals surface area contributed by atoms with Gasteiger partial charge in [0.15, 0.2) is 0 Å². The third-order valence-electron chi connectivity index (χ3n) is 2.64. The summed E-state index contributed by atoms with van der Waals surface area (Å²) in [4.78, 5) is 15.2. The van der Waals surface area contributed by atoms with Crippen LogP contribution in [0.15, 0.2) is 22.9 Å².